The summed E-state index contributed by atoms with van der Waals surface area (Å²) in [5, 5.41) is 0.851. The molecule has 0 saturated carbocycles. The highest BCUT2D eigenvalue weighted by Crippen LogP contribution is 2.23. The van der Waals surface area contributed by atoms with Gasteiger partial charge in [-0.05, 0) is 24.1 Å². The average molecular weight is 345 g/mol. The van der Waals surface area contributed by atoms with E-state index in [9.17, 15) is 14.4 Å². The van der Waals surface area contributed by atoms with Gasteiger partial charge in [-0.3, -0.25) is 9.59 Å². The summed E-state index contributed by atoms with van der Waals surface area (Å²) in [6, 6.07) is 6.64. The summed E-state index contributed by atoms with van der Waals surface area (Å²) in [7, 11) is 1.33. The quantitative estimate of drug-likeness (QED) is 0.601. The first kappa shape index (κ1) is 17.0. The summed E-state index contributed by atoms with van der Waals surface area (Å²) in [5.74, 6) is -0.316. The third-order valence-electron chi connectivity index (χ3n) is 4.31. The van der Waals surface area contributed by atoms with Crippen LogP contribution in [0.3, 0.4) is 0 Å². The molecule has 1 saturated heterocycles. The number of esters is 1. The van der Waals surface area contributed by atoms with Crippen molar-refractivity contribution in [2.45, 2.75) is 13.3 Å². The van der Waals surface area contributed by atoms with Gasteiger partial charge in [-0.15, -0.1) is 0 Å². The molecule has 0 bridgehead atoms. The van der Waals surface area contributed by atoms with E-state index in [1.54, 1.807) is 12.1 Å². The van der Waals surface area contributed by atoms with Crippen LogP contribution in [-0.2, 0) is 20.7 Å². The van der Waals surface area contributed by atoms with Gasteiger partial charge in [0.25, 0.3) is 5.91 Å². The molecular formula is C18H19NO6. The number of likely N-dealkylation sites (tertiary alicyclic amines) is 1. The van der Waals surface area contributed by atoms with Gasteiger partial charge in [0, 0.05) is 30.6 Å². The fourth-order valence-corrected chi connectivity index (χ4v) is 2.83. The lowest BCUT2D eigenvalue weighted by Gasteiger charge is -2.37. The molecule has 2 heterocycles. The molecule has 0 atom stereocenters. The molecule has 1 amide bonds. The Morgan fingerprint density at radius 3 is 2.72 bits per heavy atom. The molecule has 0 unspecified atom stereocenters. The lowest BCUT2D eigenvalue weighted by Crippen LogP contribution is -2.54. The number of hydrogen-bond donors (Lipinski definition) is 0. The van der Waals surface area contributed by atoms with Crippen molar-refractivity contribution in [2.24, 2.45) is 5.92 Å². The molecule has 0 N–H and O–H groups in total. The van der Waals surface area contributed by atoms with E-state index >= 15 is 0 Å². The number of benzene rings is 1. The number of aryl methyl sites for hydroxylation is 1. The van der Waals surface area contributed by atoms with E-state index < -0.39 is 5.63 Å². The Balaban J connectivity index is 1.63. The van der Waals surface area contributed by atoms with Gasteiger partial charge in [-0.2, -0.15) is 0 Å². The molecule has 0 spiro atoms. The summed E-state index contributed by atoms with van der Waals surface area (Å²) in [4.78, 5) is 36.5. The fraction of sp³-hybridized carbons (Fsp3) is 0.389. The molecule has 1 fully saturated rings. The van der Waals surface area contributed by atoms with E-state index in [1.807, 2.05) is 13.0 Å². The molecule has 1 aliphatic heterocycles. The third-order valence-corrected chi connectivity index (χ3v) is 4.31. The monoisotopic (exact) mass is 345 g/mol. The molecule has 25 heavy (non-hydrogen) atoms. The van der Waals surface area contributed by atoms with Crippen LogP contribution in [0.25, 0.3) is 11.0 Å². The van der Waals surface area contributed by atoms with Gasteiger partial charge in [-0.1, -0.05) is 6.92 Å². The van der Waals surface area contributed by atoms with E-state index in [1.165, 1.54) is 18.1 Å². The van der Waals surface area contributed by atoms with Crippen LogP contribution in [0.15, 0.2) is 33.5 Å². The van der Waals surface area contributed by atoms with Crippen LogP contribution >= 0.6 is 0 Å². The highest BCUT2D eigenvalue weighted by molar-refractivity contribution is 5.83. The van der Waals surface area contributed by atoms with Gasteiger partial charge in [0.1, 0.15) is 11.3 Å². The summed E-state index contributed by atoms with van der Waals surface area (Å²) < 4.78 is 15.3. The fourth-order valence-electron chi connectivity index (χ4n) is 2.83. The molecular weight excluding hydrogens is 326 g/mol. The van der Waals surface area contributed by atoms with Gasteiger partial charge < -0.3 is 18.8 Å². The van der Waals surface area contributed by atoms with E-state index in [0.717, 1.165) is 17.4 Å². The molecule has 7 nitrogen and oxygen atoms in total. The summed E-state index contributed by atoms with van der Waals surface area (Å²) in [5.41, 5.74) is 0.930. The molecule has 132 valence electrons. The highest BCUT2D eigenvalue weighted by Gasteiger charge is 2.36. The first-order chi connectivity index (χ1) is 12.0. The van der Waals surface area contributed by atoms with Crippen LogP contribution in [0, 0.1) is 5.92 Å². The molecule has 2 aromatic rings. The maximum Gasteiger partial charge on any atom is 0.336 e. The number of carbonyl (C=O) groups is 2. The highest BCUT2D eigenvalue weighted by atomic mass is 16.5. The number of hydrogen-bond acceptors (Lipinski definition) is 6. The van der Waals surface area contributed by atoms with Crippen molar-refractivity contribution < 1.29 is 23.5 Å². The third kappa shape index (κ3) is 3.50. The number of nitrogens with zero attached hydrogens (tertiary/aromatic N) is 1. The summed E-state index contributed by atoms with van der Waals surface area (Å²) in [6.07, 6.45) is 0.719. The lowest BCUT2D eigenvalue weighted by atomic mass is 10.0. The minimum Gasteiger partial charge on any atom is -0.484 e. The van der Waals surface area contributed by atoms with E-state index in [-0.39, 0.29) is 24.4 Å². The standard InChI is InChI=1S/C18H19NO6/c1-3-11-6-17(21)25-15-7-13(4-5-14(11)15)24-10-16(20)19-8-12(9-19)18(22)23-2/h4-7,12H,3,8-10H2,1-2H3. The Kier molecular flexibility index (Phi) is 4.74. The lowest BCUT2D eigenvalue weighted by molar-refractivity contribution is -0.156. The Bertz CT molecular complexity index is 865. The normalized spacial score (nSPS) is 14.2. The number of rotatable bonds is 5. The van der Waals surface area contributed by atoms with E-state index in [4.69, 9.17) is 9.15 Å². The first-order valence-corrected chi connectivity index (χ1v) is 8.07. The minimum atomic E-state index is -0.410. The van der Waals surface area contributed by atoms with Crippen molar-refractivity contribution in [3.05, 3.63) is 40.2 Å². The Morgan fingerprint density at radius 2 is 2.04 bits per heavy atom. The van der Waals surface area contributed by atoms with Crippen LogP contribution < -0.4 is 10.4 Å². The van der Waals surface area contributed by atoms with E-state index in [0.29, 0.717) is 24.4 Å². The van der Waals surface area contributed by atoms with Crippen molar-refractivity contribution in [1.82, 2.24) is 4.90 Å². The molecule has 3 rings (SSSR count). The second-order valence-electron chi connectivity index (χ2n) is 5.91. The van der Waals surface area contributed by atoms with Crippen LogP contribution in [0.4, 0.5) is 0 Å². The Labute approximate surface area is 144 Å². The van der Waals surface area contributed by atoms with Gasteiger partial charge >= 0.3 is 11.6 Å². The molecule has 1 aromatic carbocycles. The van der Waals surface area contributed by atoms with Crippen molar-refractivity contribution >= 4 is 22.8 Å². The molecule has 0 radical (unpaired) electrons. The smallest absolute Gasteiger partial charge is 0.336 e. The first-order valence-electron chi connectivity index (χ1n) is 8.07. The second-order valence-corrected chi connectivity index (χ2v) is 5.91. The molecule has 7 heteroatoms. The molecule has 1 aromatic heterocycles. The zero-order valence-electron chi connectivity index (χ0n) is 14.1. The van der Waals surface area contributed by atoms with Crippen molar-refractivity contribution in [2.75, 3.05) is 26.8 Å². The van der Waals surface area contributed by atoms with E-state index in [2.05, 4.69) is 4.74 Å². The van der Waals surface area contributed by atoms with Gasteiger partial charge in [0.2, 0.25) is 0 Å². The van der Waals surface area contributed by atoms with Crippen molar-refractivity contribution in [3.8, 4) is 5.75 Å². The minimum absolute atomic E-state index is 0.142. The zero-order chi connectivity index (χ0) is 18.0. The average Bonchev–Trinajstić information content (AvgIpc) is 2.57. The van der Waals surface area contributed by atoms with Gasteiger partial charge in [0.15, 0.2) is 6.61 Å². The van der Waals surface area contributed by atoms with Crippen LogP contribution in [-0.4, -0.2) is 43.6 Å². The van der Waals surface area contributed by atoms with Crippen molar-refractivity contribution in [1.29, 1.82) is 0 Å². The Hall–Kier alpha value is -2.83. The number of methoxy groups -OCH3 is 1. The zero-order valence-corrected chi connectivity index (χ0v) is 14.1. The largest absolute Gasteiger partial charge is 0.484 e. The molecule has 1 aliphatic rings. The maximum absolute atomic E-state index is 12.0. The van der Waals surface area contributed by atoms with Gasteiger partial charge in [-0.25, -0.2) is 4.79 Å². The predicted octanol–water partition coefficient (Wildman–Crippen LogP) is 1.37. The van der Waals surface area contributed by atoms with Crippen LogP contribution in [0.1, 0.15) is 12.5 Å². The topological polar surface area (TPSA) is 86.0 Å². The summed E-state index contributed by atoms with van der Waals surface area (Å²) >= 11 is 0. The SMILES string of the molecule is CCc1cc(=O)oc2cc(OCC(=O)N3CC(C(=O)OC)C3)ccc12. The summed E-state index contributed by atoms with van der Waals surface area (Å²) in [6.45, 7) is 2.52. The van der Waals surface area contributed by atoms with Gasteiger partial charge in [0.05, 0.1) is 13.0 Å². The van der Waals surface area contributed by atoms with Crippen LogP contribution in [0.2, 0.25) is 0 Å². The number of ether oxygens (including phenoxy) is 2. The number of fused-ring (bicyclic) bond motifs is 1. The predicted molar refractivity (Wildman–Crippen MR) is 89.4 cm³/mol. The second kappa shape index (κ2) is 6.96. The number of amides is 1. The van der Waals surface area contributed by atoms with Crippen LogP contribution in [0.5, 0.6) is 5.75 Å². The molecule has 0 aliphatic carbocycles. The number of carbonyl (C=O) groups excluding carboxylic acids is 2. The Morgan fingerprint density at radius 1 is 1.28 bits per heavy atom. The maximum atomic E-state index is 12.0. The van der Waals surface area contributed by atoms with Crippen molar-refractivity contribution in [3.63, 3.8) is 0 Å².